The van der Waals surface area contributed by atoms with E-state index in [2.05, 4.69) is 42.0 Å². The Morgan fingerprint density at radius 3 is 2.48 bits per heavy atom. The van der Waals surface area contributed by atoms with Crippen molar-refractivity contribution in [1.82, 2.24) is 0 Å². The summed E-state index contributed by atoms with van der Waals surface area (Å²) in [5.74, 6) is 0.733. The number of hydrogen-bond acceptors (Lipinski definition) is 0. The summed E-state index contributed by atoms with van der Waals surface area (Å²) in [6.45, 7) is 5.95. The van der Waals surface area contributed by atoms with E-state index in [1.54, 1.807) is 0 Å². The molecular formula is C25H29FN+. The van der Waals surface area contributed by atoms with E-state index in [1.165, 1.54) is 43.1 Å². The first-order valence-electron chi connectivity index (χ1n) is 10.1. The van der Waals surface area contributed by atoms with Crippen molar-refractivity contribution in [2.45, 2.75) is 52.9 Å². The summed E-state index contributed by atoms with van der Waals surface area (Å²) in [5.41, 5.74) is 6.00. The van der Waals surface area contributed by atoms with Crippen LogP contribution >= 0.6 is 0 Å². The highest BCUT2D eigenvalue weighted by Crippen LogP contribution is 2.34. The maximum absolute atomic E-state index is 15.2. The van der Waals surface area contributed by atoms with Crippen LogP contribution in [0.5, 0.6) is 0 Å². The van der Waals surface area contributed by atoms with Crippen LogP contribution < -0.4 is 4.57 Å². The van der Waals surface area contributed by atoms with Crippen molar-refractivity contribution in [2.75, 3.05) is 0 Å². The fourth-order valence-electron chi connectivity index (χ4n) is 4.75. The normalized spacial score (nSPS) is 15.0. The third kappa shape index (κ3) is 3.26. The third-order valence-electron chi connectivity index (χ3n) is 6.40. The van der Waals surface area contributed by atoms with Crippen LogP contribution in [0.1, 0.15) is 47.9 Å². The van der Waals surface area contributed by atoms with Crippen molar-refractivity contribution in [3.63, 3.8) is 0 Å². The Labute approximate surface area is 161 Å². The quantitative estimate of drug-likeness (QED) is 0.494. The van der Waals surface area contributed by atoms with E-state index in [4.69, 9.17) is 0 Å². The minimum atomic E-state index is -0.101. The second-order valence-electron chi connectivity index (χ2n) is 8.38. The Morgan fingerprint density at radius 1 is 1.00 bits per heavy atom. The lowest BCUT2D eigenvalue weighted by Gasteiger charge is -2.14. The molecule has 0 radical (unpaired) electrons. The maximum atomic E-state index is 15.2. The highest BCUT2D eigenvalue weighted by Gasteiger charge is 2.24. The van der Waals surface area contributed by atoms with Gasteiger partial charge < -0.3 is 0 Å². The molecule has 1 aromatic heterocycles. The maximum Gasteiger partial charge on any atom is 0.223 e. The van der Waals surface area contributed by atoms with Crippen LogP contribution in [-0.2, 0) is 13.5 Å². The molecule has 27 heavy (non-hydrogen) atoms. The molecule has 1 heterocycles. The second-order valence-corrected chi connectivity index (χ2v) is 8.38. The zero-order chi connectivity index (χ0) is 19.1. The number of pyridine rings is 1. The first kappa shape index (κ1) is 18.2. The number of rotatable bonds is 3. The molecule has 4 rings (SSSR count). The number of fused-ring (bicyclic) bond motifs is 1. The van der Waals surface area contributed by atoms with E-state index in [9.17, 15) is 0 Å². The molecule has 3 aromatic rings. The number of benzene rings is 2. The lowest BCUT2D eigenvalue weighted by Crippen LogP contribution is -2.31. The molecular weight excluding hydrogens is 333 g/mol. The Kier molecular flexibility index (Phi) is 4.75. The van der Waals surface area contributed by atoms with Gasteiger partial charge in [0.2, 0.25) is 5.69 Å². The average molecular weight is 363 g/mol. The number of aromatic nitrogens is 1. The van der Waals surface area contributed by atoms with Crippen LogP contribution in [0.15, 0.2) is 36.5 Å². The largest absolute Gasteiger partial charge is 0.223 e. The SMILES string of the molecule is Cc1cc(C)c(F)c(-c2c3ccc(CC4CCCC4)cc3cc[n+]2C)c1C. The summed E-state index contributed by atoms with van der Waals surface area (Å²) in [5, 5.41) is 2.33. The molecule has 0 amide bonds. The fraction of sp³-hybridized carbons (Fsp3) is 0.400. The molecule has 0 aliphatic heterocycles. The van der Waals surface area contributed by atoms with Gasteiger partial charge in [-0.1, -0.05) is 43.9 Å². The van der Waals surface area contributed by atoms with E-state index in [0.29, 0.717) is 5.56 Å². The van der Waals surface area contributed by atoms with Gasteiger partial charge >= 0.3 is 0 Å². The van der Waals surface area contributed by atoms with Crippen molar-refractivity contribution < 1.29 is 8.96 Å². The molecule has 2 heteroatoms. The van der Waals surface area contributed by atoms with Gasteiger partial charge in [0.25, 0.3) is 0 Å². The van der Waals surface area contributed by atoms with Crippen molar-refractivity contribution in [3.8, 4) is 11.3 Å². The first-order chi connectivity index (χ1) is 13.0. The van der Waals surface area contributed by atoms with Gasteiger partial charge in [-0.25, -0.2) is 8.96 Å². The van der Waals surface area contributed by atoms with E-state index in [-0.39, 0.29) is 5.82 Å². The Hall–Kier alpha value is -2.22. The molecule has 1 fully saturated rings. The van der Waals surface area contributed by atoms with E-state index < -0.39 is 0 Å². The standard InChI is InChI=1S/C25H29FN/c1-16-13-17(2)24(26)23(18(16)3)25-22-10-9-20(14-19-7-5-6-8-19)15-21(22)11-12-27(25)4/h9-13,15,19H,5-8,14H2,1-4H3/q+1. The lowest BCUT2D eigenvalue weighted by molar-refractivity contribution is -0.659. The monoisotopic (exact) mass is 362 g/mol. The fourth-order valence-corrected chi connectivity index (χ4v) is 4.75. The highest BCUT2D eigenvalue weighted by molar-refractivity contribution is 5.94. The molecule has 140 valence electrons. The predicted octanol–water partition coefficient (Wildman–Crippen LogP) is 6.13. The van der Waals surface area contributed by atoms with Crippen molar-refractivity contribution in [2.24, 2.45) is 13.0 Å². The molecule has 0 unspecified atom stereocenters. The molecule has 1 aliphatic carbocycles. The number of hydrogen-bond donors (Lipinski definition) is 0. The molecule has 0 saturated heterocycles. The smallest absolute Gasteiger partial charge is 0.206 e. The van der Waals surface area contributed by atoms with Gasteiger partial charge in [-0.3, -0.25) is 0 Å². The number of aryl methyl sites for hydroxylation is 3. The van der Waals surface area contributed by atoms with Crippen LogP contribution in [0, 0.1) is 32.5 Å². The van der Waals surface area contributed by atoms with Gasteiger partial charge in [0.1, 0.15) is 12.9 Å². The Bertz CT molecular complexity index is 986. The Balaban J connectivity index is 1.87. The van der Waals surface area contributed by atoms with Gasteiger partial charge in [0, 0.05) is 6.07 Å². The lowest BCUT2D eigenvalue weighted by atomic mass is 9.92. The molecule has 0 N–H and O–H groups in total. The van der Waals surface area contributed by atoms with Crippen LogP contribution in [-0.4, -0.2) is 0 Å². The van der Waals surface area contributed by atoms with Gasteiger partial charge in [0.05, 0.1) is 10.9 Å². The molecule has 1 saturated carbocycles. The average Bonchev–Trinajstić information content (AvgIpc) is 3.15. The molecule has 1 aliphatic rings. The van der Waals surface area contributed by atoms with E-state index in [0.717, 1.165) is 33.7 Å². The van der Waals surface area contributed by atoms with Gasteiger partial charge in [0.15, 0.2) is 6.20 Å². The topological polar surface area (TPSA) is 3.88 Å². The summed E-state index contributed by atoms with van der Waals surface area (Å²) in [7, 11) is 2.01. The summed E-state index contributed by atoms with van der Waals surface area (Å²) in [6, 6.07) is 10.9. The highest BCUT2D eigenvalue weighted by atomic mass is 19.1. The first-order valence-corrected chi connectivity index (χ1v) is 10.1. The number of nitrogens with zero attached hydrogens (tertiary/aromatic N) is 1. The number of halogens is 1. The van der Waals surface area contributed by atoms with Crippen molar-refractivity contribution in [3.05, 3.63) is 64.6 Å². The summed E-state index contributed by atoms with van der Waals surface area (Å²) >= 11 is 0. The van der Waals surface area contributed by atoms with Crippen molar-refractivity contribution >= 4 is 10.8 Å². The summed E-state index contributed by atoms with van der Waals surface area (Å²) in [4.78, 5) is 0. The zero-order valence-corrected chi connectivity index (χ0v) is 16.9. The van der Waals surface area contributed by atoms with Crippen LogP contribution in [0.2, 0.25) is 0 Å². The van der Waals surface area contributed by atoms with E-state index >= 15 is 4.39 Å². The van der Waals surface area contributed by atoms with Gasteiger partial charge in [-0.05, 0) is 66.8 Å². The minimum Gasteiger partial charge on any atom is -0.206 e. The third-order valence-corrected chi connectivity index (χ3v) is 6.40. The summed E-state index contributed by atoms with van der Waals surface area (Å²) < 4.78 is 17.2. The molecule has 0 spiro atoms. The Morgan fingerprint density at radius 2 is 1.74 bits per heavy atom. The molecule has 0 bridgehead atoms. The van der Waals surface area contributed by atoms with Gasteiger partial charge in [-0.2, -0.15) is 0 Å². The molecule has 1 nitrogen and oxygen atoms in total. The molecule has 0 atom stereocenters. The zero-order valence-electron chi connectivity index (χ0n) is 16.9. The van der Waals surface area contributed by atoms with Crippen molar-refractivity contribution in [1.29, 1.82) is 0 Å². The van der Waals surface area contributed by atoms with Gasteiger partial charge in [-0.15, -0.1) is 0 Å². The minimum absolute atomic E-state index is 0.101. The van der Waals surface area contributed by atoms with E-state index in [1.807, 2.05) is 27.0 Å². The van der Waals surface area contributed by atoms with Crippen LogP contribution in [0.25, 0.3) is 22.0 Å². The van der Waals surface area contributed by atoms with Crippen LogP contribution in [0.4, 0.5) is 4.39 Å². The second kappa shape index (κ2) is 7.07. The van der Waals surface area contributed by atoms with Crippen LogP contribution in [0.3, 0.4) is 0 Å². The molecule has 2 aromatic carbocycles. The predicted molar refractivity (Wildman–Crippen MR) is 110 cm³/mol. The summed E-state index contributed by atoms with van der Waals surface area (Å²) in [6.07, 6.45) is 8.71.